The summed E-state index contributed by atoms with van der Waals surface area (Å²) in [5.74, 6) is 1.65. The highest BCUT2D eigenvalue weighted by molar-refractivity contribution is 5.85. The lowest BCUT2D eigenvalue weighted by Crippen LogP contribution is -2.38. The summed E-state index contributed by atoms with van der Waals surface area (Å²) in [5, 5.41) is 6.57. The molecule has 3 rings (SSSR count). The molecular formula is C21H35Cl2N3O. The number of hydrogen-bond donors (Lipinski definition) is 2. The van der Waals surface area contributed by atoms with Crippen molar-refractivity contribution in [2.24, 2.45) is 11.8 Å². The molecule has 4 nitrogen and oxygen atoms in total. The minimum absolute atomic E-state index is 0. The monoisotopic (exact) mass is 415 g/mol. The van der Waals surface area contributed by atoms with Crippen molar-refractivity contribution in [2.75, 3.05) is 32.7 Å². The maximum atomic E-state index is 12.1. The number of nitrogens with zero attached hydrogens (tertiary/aromatic N) is 1. The fraction of sp³-hybridized carbons (Fsp3) is 0.667. The maximum Gasteiger partial charge on any atom is 0.220 e. The average Bonchev–Trinajstić information content (AvgIpc) is 2.67. The van der Waals surface area contributed by atoms with E-state index in [4.69, 9.17) is 0 Å². The van der Waals surface area contributed by atoms with Gasteiger partial charge in [-0.15, -0.1) is 24.8 Å². The standard InChI is InChI=1S/C21H33N3O.2ClH/c25-21(7-6-18-8-12-22-13-9-18)23-16-19-10-14-24(15-11-19)17-20-4-2-1-3-5-20;;/h1-5,18-19,22H,6-17H2,(H,23,25);2*1H. The van der Waals surface area contributed by atoms with Crippen LogP contribution < -0.4 is 10.6 Å². The third-order valence-electron chi connectivity index (χ3n) is 5.78. The minimum Gasteiger partial charge on any atom is -0.356 e. The molecule has 0 unspecified atom stereocenters. The predicted molar refractivity (Wildman–Crippen MR) is 117 cm³/mol. The number of nitrogens with one attached hydrogen (secondary N) is 2. The summed E-state index contributed by atoms with van der Waals surface area (Å²) in [7, 11) is 0. The molecule has 0 saturated carbocycles. The summed E-state index contributed by atoms with van der Waals surface area (Å²) >= 11 is 0. The van der Waals surface area contributed by atoms with Gasteiger partial charge in [-0.1, -0.05) is 30.3 Å². The lowest BCUT2D eigenvalue weighted by Gasteiger charge is -2.32. The Bertz CT molecular complexity index is 515. The molecule has 0 atom stereocenters. The van der Waals surface area contributed by atoms with E-state index in [-0.39, 0.29) is 30.7 Å². The number of amides is 1. The van der Waals surface area contributed by atoms with E-state index in [1.807, 2.05) is 0 Å². The van der Waals surface area contributed by atoms with E-state index in [0.29, 0.717) is 12.3 Å². The van der Waals surface area contributed by atoms with Gasteiger partial charge in [-0.05, 0) is 75.7 Å². The van der Waals surface area contributed by atoms with Crippen molar-refractivity contribution >= 4 is 30.7 Å². The van der Waals surface area contributed by atoms with Gasteiger partial charge in [0.1, 0.15) is 0 Å². The fourth-order valence-corrected chi connectivity index (χ4v) is 4.04. The molecule has 0 aromatic heterocycles. The molecular weight excluding hydrogens is 381 g/mol. The van der Waals surface area contributed by atoms with Gasteiger partial charge in [0.25, 0.3) is 0 Å². The van der Waals surface area contributed by atoms with Gasteiger partial charge in [0.15, 0.2) is 0 Å². The van der Waals surface area contributed by atoms with Crippen LogP contribution in [-0.2, 0) is 11.3 Å². The molecule has 2 fully saturated rings. The molecule has 2 aliphatic rings. The zero-order valence-electron chi connectivity index (χ0n) is 16.2. The molecule has 2 N–H and O–H groups in total. The van der Waals surface area contributed by atoms with Gasteiger partial charge in [-0.25, -0.2) is 0 Å². The first-order valence-electron chi connectivity index (χ1n) is 10.0. The Labute approximate surface area is 176 Å². The van der Waals surface area contributed by atoms with Crippen molar-refractivity contribution in [2.45, 2.75) is 45.1 Å². The van der Waals surface area contributed by atoms with Crippen molar-refractivity contribution in [1.82, 2.24) is 15.5 Å². The topological polar surface area (TPSA) is 44.4 Å². The van der Waals surface area contributed by atoms with Crippen LogP contribution >= 0.6 is 24.8 Å². The molecule has 2 heterocycles. The largest absolute Gasteiger partial charge is 0.356 e. The van der Waals surface area contributed by atoms with Crippen molar-refractivity contribution in [3.63, 3.8) is 0 Å². The number of rotatable bonds is 7. The van der Waals surface area contributed by atoms with Gasteiger partial charge in [-0.2, -0.15) is 0 Å². The van der Waals surface area contributed by atoms with Gasteiger partial charge < -0.3 is 10.6 Å². The zero-order chi connectivity index (χ0) is 17.3. The Morgan fingerprint density at radius 1 is 1.00 bits per heavy atom. The first-order chi connectivity index (χ1) is 12.3. The quantitative estimate of drug-likeness (QED) is 0.714. The van der Waals surface area contributed by atoms with Crippen molar-refractivity contribution < 1.29 is 4.79 Å². The first-order valence-corrected chi connectivity index (χ1v) is 10.0. The minimum atomic E-state index is 0. The number of likely N-dealkylation sites (tertiary alicyclic amines) is 1. The van der Waals surface area contributed by atoms with Crippen LogP contribution in [-0.4, -0.2) is 43.5 Å². The molecule has 0 aliphatic carbocycles. The normalized spacial score (nSPS) is 19.0. The highest BCUT2D eigenvalue weighted by atomic mass is 35.5. The highest BCUT2D eigenvalue weighted by Crippen LogP contribution is 2.19. The van der Waals surface area contributed by atoms with Gasteiger partial charge in [0.05, 0.1) is 0 Å². The highest BCUT2D eigenvalue weighted by Gasteiger charge is 2.20. The second kappa shape index (κ2) is 13.4. The van der Waals surface area contributed by atoms with E-state index < -0.39 is 0 Å². The van der Waals surface area contributed by atoms with Gasteiger partial charge in [0.2, 0.25) is 5.91 Å². The number of halogens is 2. The van der Waals surface area contributed by atoms with E-state index in [1.165, 1.54) is 31.2 Å². The molecule has 154 valence electrons. The number of carbonyl (C=O) groups is 1. The Morgan fingerprint density at radius 3 is 2.33 bits per heavy atom. The van der Waals surface area contributed by atoms with Crippen LogP contribution in [0.3, 0.4) is 0 Å². The van der Waals surface area contributed by atoms with E-state index in [1.54, 1.807) is 0 Å². The van der Waals surface area contributed by atoms with Crippen LogP contribution in [0.15, 0.2) is 30.3 Å². The summed E-state index contributed by atoms with van der Waals surface area (Å²) in [5.41, 5.74) is 1.40. The van der Waals surface area contributed by atoms with Gasteiger partial charge in [0, 0.05) is 19.5 Å². The number of piperidine rings is 2. The SMILES string of the molecule is Cl.Cl.O=C(CCC1CCNCC1)NCC1CCN(Cc2ccccc2)CC1. The average molecular weight is 416 g/mol. The molecule has 0 radical (unpaired) electrons. The van der Waals surface area contributed by atoms with Crippen LogP contribution in [0.5, 0.6) is 0 Å². The third-order valence-corrected chi connectivity index (χ3v) is 5.78. The summed E-state index contributed by atoms with van der Waals surface area (Å²) < 4.78 is 0. The van der Waals surface area contributed by atoms with Crippen molar-refractivity contribution in [3.8, 4) is 0 Å². The summed E-state index contributed by atoms with van der Waals surface area (Å²) in [6.45, 7) is 6.44. The molecule has 1 aromatic carbocycles. The Hall–Kier alpha value is -0.810. The van der Waals surface area contributed by atoms with Crippen molar-refractivity contribution in [3.05, 3.63) is 35.9 Å². The van der Waals surface area contributed by atoms with Gasteiger partial charge in [-0.3, -0.25) is 9.69 Å². The van der Waals surface area contributed by atoms with E-state index in [0.717, 1.165) is 51.6 Å². The number of benzene rings is 1. The van der Waals surface area contributed by atoms with E-state index in [2.05, 4.69) is 45.9 Å². The Balaban J connectivity index is 0.00000182. The number of carbonyl (C=O) groups excluding carboxylic acids is 1. The Kier molecular flexibility index (Phi) is 12.0. The van der Waals surface area contributed by atoms with Crippen LogP contribution in [0.4, 0.5) is 0 Å². The molecule has 27 heavy (non-hydrogen) atoms. The maximum absolute atomic E-state index is 12.1. The summed E-state index contributed by atoms with van der Waals surface area (Å²) in [6, 6.07) is 10.7. The second-order valence-corrected chi connectivity index (χ2v) is 7.74. The predicted octanol–water partition coefficient (Wildman–Crippen LogP) is 3.64. The molecule has 2 saturated heterocycles. The smallest absolute Gasteiger partial charge is 0.220 e. The molecule has 6 heteroatoms. The third kappa shape index (κ3) is 8.82. The summed E-state index contributed by atoms with van der Waals surface area (Å²) in [6.07, 6.45) is 6.61. The first kappa shape index (κ1) is 24.2. The van der Waals surface area contributed by atoms with Crippen LogP contribution in [0.1, 0.15) is 44.1 Å². The molecule has 0 spiro atoms. The zero-order valence-corrected chi connectivity index (χ0v) is 17.8. The molecule has 1 amide bonds. The number of hydrogen-bond acceptors (Lipinski definition) is 3. The van der Waals surface area contributed by atoms with E-state index >= 15 is 0 Å². The van der Waals surface area contributed by atoms with Crippen LogP contribution in [0, 0.1) is 11.8 Å². The lowest BCUT2D eigenvalue weighted by atomic mass is 9.93. The molecule has 1 aromatic rings. The van der Waals surface area contributed by atoms with Crippen LogP contribution in [0.25, 0.3) is 0 Å². The fourth-order valence-electron chi connectivity index (χ4n) is 4.04. The molecule has 2 aliphatic heterocycles. The van der Waals surface area contributed by atoms with Gasteiger partial charge >= 0.3 is 0 Å². The second-order valence-electron chi connectivity index (χ2n) is 7.74. The molecule has 0 bridgehead atoms. The summed E-state index contributed by atoms with van der Waals surface area (Å²) in [4.78, 5) is 14.6. The lowest BCUT2D eigenvalue weighted by molar-refractivity contribution is -0.121. The van der Waals surface area contributed by atoms with E-state index in [9.17, 15) is 4.79 Å². The Morgan fingerprint density at radius 2 is 1.67 bits per heavy atom. The van der Waals surface area contributed by atoms with Crippen LogP contribution in [0.2, 0.25) is 0 Å². The van der Waals surface area contributed by atoms with Crippen molar-refractivity contribution in [1.29, 1.82) is 0 Å².